The van der Waals surface area contributed by atoms with E-state index in [0.29, 0.717) is 0 Å². The Balaban J connectivity index is 2.11. The molecule has 118 valence electrons. The fraction of sp³-hybridized carbons (Fsp3) is 0.750. The Hall–Kier alpha value is -1.36. The van der Waals surface area contributed by atoms with Crippen molar-refractivity contribution < 1.29 is 9.47 Å². The maximum atomic E-state index is 6.17. The highest BCUT2D eigenvalue weighted by molar-refractivity contribution is 5.48. The Morgan fingerprint density at radius 3 is 2.57 bits per heavy atom. The molecule has 0 amide bonds. The van der Waals surface area contributed by atoms with Gasteiger partial charge in [0.1, 0.15) is 18.2 Å². The number of anilines is 1. The third kappa shape index (κ3) is 4.30. The fourth-order valence-electron chi connectivity index (χ4n) is 2.81. The van der Waals surface area contributed by atoms with Crippen molar-refractivity contribution >= 4 is 5.82 Å². The predicted octanol–water partition coefficient (Wildman–Crippen LogP) is 3.20. The van der Waals surface area contributed by atoms with Crippen molar-refractivity contribution in [2.75, 3.05) is 11.9 Å². The molecule has 1 fully saturated rings. The van der Waals surface area contributed by atoms with Gasteiger partial charge in [0.15, 0.2) is 0 Å². The van der Waals surface area contributed by atoms with Gasteiger partial charge in [0.05, 0.1) is 17.8 Å². The van der Waals surface area contributed by atoms with Gasteiger partial charge < -0.3 is 14.8 Å². The van der Waals surface area contributed by atoms with E-state index in [2.05, 4.69) is 43.0 Å². The molecule has 1 saturated heterocycles. The molecule has 1 aliphatic rings. The summed E-state index contributed by atoms with van der Waals surface area (Å²) >= 11 is 0. The SMILES string of the molecule is CCCNc1ncnc(OC2CC(C)OC(C)C2)c1CC. The molecule has 2 atom stereocenters. The molecule has 5 nitrogen and oxygen atoms in total. The molecule has 1 aromatic heterocycles. The minimum Gasteiger partial charge on any atom is -0.474 e. The van der Waals surface area contributed by atoms with Crippen molar-refractivity contribution in [3.8, 4) is 5.88 Å². The lowest BCUT2D eigenvalue weighted by Gasteiger charge is -2.32. The molecule has 1 N–H and O–H groups in total. The van der Waals surface area contributed by atoms with Gasteiger partial charge in [-0.3, -0.25) is 0 Å². The average Bonchev–Trinajstić information content (AvgIpc) is 2.44. The van der Waals surface area contributed by atoms with Gasteiger partial charge in [0, 0.05) is 19.4 Å². The lowest BCUT2D eigenvalue weighted by atomic mass is 10.0. The maximum Gasteiger partial charge on any atom is 0.222 e. The summed E-state index contributed by atoms with van der Waals surface area (Å²) in [4.78, 5) is 8.69. The van der Waals surface area contributed by atoms with Gasteiger partial charge in [0.2, 0.25) is 5.88 Å². The molecule has 1 aromatic rings. The Bertz CT molecular complexity index is 443. The number of nitrogens with one attached hydrogen (secondary N) is 1. The summed E-state index contributed by atoms with van der Waals surface area (Å²) in [6, 6.07) is 0. The van der Waals surface area contributed by atoms with Gasteiger partial charge in [-0.15, -0.1) is 0 Å². The first-order valence-corrected chi connectivity index (χ1v) is 8.03. The van der Waals surface area contributed by atoms with Crippen molar-refractivity contribution in [3.05, 3.63) is 11.9 Å². The van der Waals surface area contributed by atoms with Crippen LogP contribution in [0, 0.1) is 0 Å². The molecular formula is C16H27N3O2. The Morgan fingerprint density at radius 1 is 1.24 bits per heavy atom. The zero-order valence-electron chi connectivity index (χ0n) is 13.6. The van der Waals surface area contributed by atoms with Crippen LogP contribution in [0.5, 0.6) is 5.88 Å². The van der Waals surface area contributed by atoms with Crippen LogP contribution in [0.25, 0.3) is 0 Å². The normalized spacial score (nSPS) is 25.6. The van der Waals surface area contributed by atoms with E-state index in [1.807, 2.05) is 0 Å². The zero-order valence-corrected chi connectivity index (χ0v) is 13.6. The highest BCUT2D eigenvalue weighted by Crippen LogP contribution is 2.28. The van der Waals surface area contributed by atoms with Crippen molar-refractivity contribution in [1.82, 2.24) is 9.97 Å². The van der Waals surface area contributed by atoms with Crippen LogP contribution in [-0.4, -0.2) is 34.8 Å². The van der Waals surface area contributed by atoms with Gasteiger partial charge in [-0.25, -0.2) is 9.97 Å². The molecule has 0 saturated carbocycles. The number of hydrogen-bond acceptors (Lipinski definition) is 5. The van der Waals surface area contributed by atoms with E-state index in [4.69, 9.17) is 9.47 Å². The second-order valence-electron chi connectivity index (χ2n) is 5.75. The first-order chi connectivity index (χ1) is 10.1. The summed E-state index contributed by atoms with van der Waals surface area (Å²) in [5, 5.41) is 3.35. The quantitative estimate of drug-likeness (QED) is 0.873. The van der Waals surface area contributed by atoms with E-state index < -0.39 is 0 Å². The molecule has 0 spiro atoms. The van der Waals surface area contributed by atoms with Crippen LogP contribution in [0.4, 0.5) is 5.82 Å². The molecule has 0 aliphatic carbocycles. The van der Waals surface area contributed by atoms with Crippen LogP contribution in [0.1, 0.15) is 52.5 Å². The van der Waals surface area contributed by atoms with Crippen LogP contribution in [0.3, 0.4) is 0 Å². The average molecular weight is 293 g/mol. The van der Waals surface area contributed by atoms with Gasteiger partial charge in [-0.05, 0) is 26.7 Å². The first kappa shape index (κ1) is 16.0. The van der Waals surface area contributed by atoms with Crippen LogP contribution < -0.4 is 10.1 Å². The summed E-state index contributed by atoms with van der Waals surface area (Å²) in [5.74, 6) is 1.62. The molecular weight excluding hydrogens is 266 g/mol. The summed E-state index contributed by atoms with van der Waals surface area (Å²) in [6.45, 7) is 9.36. The standard InChI is InChI=1S/C16H27N3O2/c1-5-7-17-15-14(6-2)16(19-10-18-15)21-13-8-11(3)20-12(4)9-13/h10-13H,5-9H2,1-4H3,(H,17,18,19). The molecule has 0 aromatic carbocycles. The third-order valence-corrected chi connectivity index (χ3v) is 3.73. The topological polar surface area (TPSA) is 56.3 Å². The van der Waals surface area contributed by atoms with Crippen molar-refractivity contribution in [2.24, 2.45) is 0 Å². The number of rotatable bonds is 6. The second-order valence-corrected chi connectivity index (χ2v) is 5.75. The molecule has 2 heterocycles. The van der Waals surface area contributed by atoms with Crippen molar-refractivity contribution in [1.29, 1.82) is 0 Å². The van der Waals surface area contributed by atoms with E-state index in [-0.39, 0.29) is 18.3 Å². The molecule has 0 radical (unpaired) electrons. The van der Waals surface area contributed by atoms with Crippen molar-refractivity contribution in [2.45, 2.75) is 71.7 Å². The third-order valence-electron chi connectivity index (χ3n) is 3.73. The summed E-state index contributed by atoms with van der Waals surface area (Å²) < 4.78 is 11.9. The van der Waals surface area contributed by atoms with Gasteiger partial charge >= 0.3 is 0 Å². The zero-order chi connectivity index (χ0) is 15.2. The van der Waals surface area contributed by atoms with Gasteiger partial charge in [0.25, 0.3) is 0 Å². The lowest BCUT2D eigenvalue weighted by Crippen LogP contribution is -2.36. The van der Waals surface area contributed by atoms with Gasteiger partial charge in [-0.2, -0.15) is 0 Å². The van der Waals surface area contributed by atoms with E-state index in [9.17, 15) is 0 Å². The van der Waals surface area contributed by atoms with Crippen LogP contribution in [0.15, 0.2) is 6.33 Å². The molecule has 1 aliphatic heterocycles. The van der Waals surface area contributed by atoms with E-state index >= 15 is 0 Å². The molecule has 21 heavy (non-hydrogen) atoms. The van der Waals surface area contributed by atoms with Crippen LogP contribution in [0.2, 0.25) is 0 Å². The van der Waals surface area contributed by atoms with E-state index in [1.165, 1.54) is 0 Å². The predicted molar refractivity (Wildman–Crippen MR) is 83.8 cm³/mol. The summed E-state index contributed by atoms with van der Waals surface area (Å²) in [6.07, 6.45) is 5.98. The Labute approximate surface area is 127 Å². The number of hydrogen-bond donors (Lipinski definition) is 1. The number of aromatic nitrogens is 2. The van der Waals surface area contributed by atoms with Crippen LogP contribution in [-0.2, 0) is 11.2 Å². The van der Waals surface area contributed by atoms with Gasteiger partial charge in [-0.1, -0.05) is 13.8 Å². The molecule has 2 rings (SSSR count). The lowest BCUT2D eigenvalue weighted by molar-refractivity contribution is -0.0731. The van der Waals surface area contributed by atoms with Crippen LogP contribution >= 0.6 is 0 Å². The Kier molecular flexibility index (Phi) is 5.79. The number of ether oxygens (including phenoxy) is 2. The smallest absolute Gasteiger partial charge is 0.222 e. The van der Waals surface area contributed by atoms with E-state index in [0.717, 1.165) is 49.5 Å². The summed E-state index contributed by atoms with van der Waals surface area (Å²) in [7, 11) is 0. The first-order valence-electron chi connectivity index (χ1n) is 8.03. The maximum absolute atomic E-state index is 6.17. The molecule has 2 unspecified atom stereocenters. The van der Waals surface area contributed by atoms with E-state index in [1.54, 1.807) is 6.33 Å². The second kappa shape index (κ2) is 7.59. The minimum absolute atomic E-state index is 0.169. The minimum atomic E-state index is 0.169. The fourth-order valence-corrected chi connectivity index (χ4v) is 2.81. The highest BCUT2D eigenvalue weighted by atomic mass is 16.5. The molecule has 0 bridgehead atoms. The molecule has 5 heteroatoms. The Morgan fingerprint density at radius 2 is 1.95 bits per heavy atom. The number of nitrogens with zero attached hydrogens (tertiary/aromatic N) is 2. The monoisotopic (exact) mass is 293 g/mol. The largest absolute Gasteiger partial charge is 0.474 e. The van der Waals surface area contributed by atoms with Crippen molar-refractivity contribution in [3.63, 3.8) is 0 Å². The highest BCUT2D eigenvalue weighted by Gasteiger charge is 2.27. The summed E-state index contributed by atoms with van der Waals surface area (Å²) in [5.41, 5.74) is 1.07.